The van der Waals surface area contributed by atoms with E-state index in [0.717, 1.165) is 16.7 Å². The molecule has 0 saturated carbocycles. The molecule has 0 heterocycles. The minimum atomic E-state index is 0.652. The number of fused-ring (bicyclic) bond motifs is 11. The summed E-state index contributed by atoms with van der Waals surface area (Å²) >= 11 is 0. The molecule has 10 aromatic carbocycles. The molecule has 0 atom stereocenters. The van der Waals surface area contributed by atoms with Crippen molar-refractivity contribution in [2.24, 2.45) is 0 Å². The predicted octanol–water partition coefficient (Wildman–Crippen LogP) is 14.1. The van der Waals surface area contributed by atoms with E-state index in [4.69, 9.17) is 0 Å². The first-order valence-corrected chi connectivity index (χ1v) is 18.7. The highest BCUT2D eigenvalue weighted by Crippen LogP contribution is 2.57. The lowest BCUT2D eigenvalue weighted by Crippen LogP contribution is -1.94. The topological polar surface area (TPSA) is 47.6 Å². The fourth-order valence-corrected chi connectivity index (χ4v) is 10.0. The first-order valence-electron chi connectivity index (χ1n) is 18.7. The number of nitrogens with zero attached hydrogens (tertiary/aromatic N) is 2. The van der Waals surface area contributed by atoms with Crippen LogP contribution in [0.3, 0.4) is 0 Å². The second-order valence-electron chi connectivity index (χ2n) is 15.0. The van der Waals surface area contributed by atoms with Crippen LogP contribution in [0.2, 0.25) is 0 Å². The molecule has 2 heteroatoms. The van der Waals surface area contributed by atoms with E-state index in [1.165, 1.54) is 109 Å². The zero-order chi connectivity index (χ0) is 36.5. The normalized spacial score (nSPS) is 12.1. The molecule has 0 saturated heterocycles. The Morgan fingerprint density at radius 1 is 0.345 bits per heavy atom. The lowest BCUT2D eigenvalue weighted by atomic mass is 9.83. The van der Waals surface area contributed by atoms with Crippen LogP contribution in [0.15, 0.2) is 152 Å². The fourth-order valence-electron chi connectivity index (χ4n) is 10.0. The molecule has 0 radical (unpaired) electrons. The molecule has 0 fully saturated rings. The number of aryl methyl sites for hydroxylation is 1. The van der Waals surface area contributed by atoms with Crippen LogP contribution in [0.4, 0.5) is 0 Å². The molecule has 2 aliphatic carbocycles. The van der Waals surface area contributed by atoms with E-state index in [2.05, 4.69) is 140 Å². The third-order valence-corrected chi connectivity index (χ3v) is 12.3. The standard InChI is InChI=1S/C53H28N2/c1-29-23-31(28-55)17-18-35(29)51-41-22-20-36-37(45(41)26-47-39-14-4-9-33-11-6-16-43(49(33)39)53(47)51)19-21-40-44(36)25-46-38-13-3-8-32-10-5-15-42(48(32)38)52(46)50(40)34-12-2-7-30(24-34)27-54/h2-26H,1H3. The first-order chi connectivity index (χ1) is 27.1. The van der Waals surface area contributed by atoms with E-state index < -0.39 is 0 Å². The summed E-state index contributed by atoms with van der Waals surface area (Å²) in [4.78, 5) is 0. The Labute approximate surface area is 317 Å². The zero-order valence-electron chi connectivity index (χ0n) is 29.8. The smallest absolute Gasteiger partial charge is 0.0991 e. The van der Waals surface area contributed by atoms with E-state index >= 15 is 0 Å². The van der Waals surface area contributed by atoms with Gasteiger partial charge in [0.1, 0.15) is 0 Å². The highest BCUT2D eigenvalue weighted by atomic mass is 14.3. The van der Waals surface area contributed by atoms with Gasteiger partial charge >= 0.3 is 0 Å². The summed E-state index contributed by atoms with van der Waals surface area (Å²) < 4.78 is 0. The van der Waals surface area contributed by atoms with E-state index in [1.54, 1.807) is 0 Å². The quantitative estimate of drug-likeness (QED) is 0.169. The van der Waals surface area contributed by atoms with Gasteiger partial charge in [0.25, 0.3) is 0 Å². The molecule has 2 aliphatic rings. The molecule has 12 rings (SSSR count). The van der Waals surface area contributed by atoms with E-state index in [9.17, 15) is 10.5 Å². The number of benzene rings is 10. The summed E-state index contributed by atoms with van der Waals surface area (Å²) in [5.41, 5.74) is 17.0. The molecule has 250 valence electrons. The second-order valence-corrected chi connectivity index (χ2v) is 15.0. The van der Waals surface area contributed by atoms with Crippen molar-refractivity contribution in [2.45, 2.75) is 6.92 Å². The lowest BCUT2D eigenvalue weighted by Gasteiger charge is -2.20. The van der Waals surface area contributed by atoms with Crippen molar-refractivity contribution >= 4 is 53.9 Å². The molecule has 0 aromatic heterocycles. The molecule has 0 N–H and O–H groups in total. The van der Waals surface area contributed by atoms with Crippen molar-refractivity contribution in [1.29, 1.82) is 10.5 Å². The number of hydrogen-bond donors (Lipinski definition) is 0. The summed E-state index contributed by atoms with van der Waals surface area (Å²) in [6, 6.07) is 59.6. The minimum absolute atomic E-state index is 0.652. The molecule has 2 nitrogen and oxygen atoms in total. The Hall–Kier alpha value is -7.52. The SMILES string of the molecule is Cc1cc(C#N)ccc1-c1c2c(cc3c1ccc1c4cc5c(c(-c6cccc(C#N)c6)c4ccc31)-c1cccc3cccc-5c13)-c1cccc3cccc-2c13. The molecular weight excluding hydrogens is 665 g/mol. The van der Waals surface area contributed by atoms with Crippen LogP contribution in [0.25, 0.3) is 121 Å². The molecule has 0 aliphatic heterocycles. The van der Waals surface area contributed by atoms with Gasteiger partial charge in [-0.15, -0.1) is 0 Å². The second kappa shape index (κ2) is 10.8. The lowest BCUT2D eigenvalue weighted by molar-refractivity contribution is 1.42. The average molecular weight is 693 g/mol. The molecule has 0 bridgehead atoms. The molecule has 0 unspecified atom stereocenters. The van der Waals surface area contributed by atoms with Crippen molar-refractivity contribution < 1.29 is 0 Å². The maximum atomic E-state index is 9.98. The van der Waals surface area contributed by atoms with Crippen molar-refractivity contribution in [3.63, 3.8) is 0 Å². The van der Waals surface area contributed by atoms with Gasteiger partial charge in [0.05, 0.1) is 23.3 Å². The van der Waals surface area contributed by atoms with Gasteiger partial charge in [-0.2, -0.15) is 10.5 Å². The summed E-state index contributed by atoms with van der Waals surface area (Å²) in [6.07, 6.45) is 0. The maximum Gasteiger partial charge on any atom is 0.0991 e. The van der Waals surface area contributed by atoms with E-state index in [0.29, 0.717) is 11.1 Å². The molecule has 10 aromatic rings. The van der Waals surface area contributed by atoms with Crippen LogP contribution in [0, 0.1) is 29.6 Å². The van der Waals surface area contributed by atoms with Gasteiger partial charge in [-0.1, -0.05) is 115 Å². The van der Waals surface area contributed by atoms with Gasteiger partial charge < -0.3 is 0 Å². The fraction of sp³-hybridized carbons (Fsp3) is 0.0189. The summed E-state index contributed by atoms with van der Waals surface area (Å²) in [5.74, 6) is 0. The van der Waals surface area contributed by atoms with Crippen LogP contribution in [-0.4, -0.2) is 0 Å². The molecule has 0 spiro atoms. The number of nitriles is 2. The van der Waals surface area contributed by atoms with Crippen molar-refractivity contribution in [3.05, 3.63) is 168 Å². The molecule has 0 amide bonds. The van der Waals surface area contributed by atoms with Crippen LogP contribution in [0.1, 0.15) is 16.7 Å². The predicted molar refractivity (Wildman–Crippen MR) is 228 cm³/mol. The third kappa shape index (κ3) is 3.90. The van der Waals surface area contributed by atoms with Crippen molar-refractivity contribution in [3.8, 4) is 78.9 Å². The van der Waals surface area contributed by atoms with Crippen LogP contribution in [0.5, 0.6) is 0 Å². The van der Waals surface area contributed by atoms with Crippen LogP contribution in [-0.2, 0) is 0 Å². The van der Waals surface area contributed by atoms with Gasteiger partial charge in [-0.05, 0) is 170 Å². The minimum Gasteiger partial charge on any atom is -0.192 e. The Morgan fingerprint density at radius 2 is 0.836 bits per heavy atom. The van der Waals surface area contributed by atoms with Gasteiger partial charge in [-0.3, -0.25) is 0 Å². The number of hydrogen-bond acceptors (Lipinski definition) is 2. The largest absolute Gasteiger partial charge is 0.192 e. The van der Waals surface area contributed by atoms with Crippen molar-refractivity contribution in [1.82, 2.24) is 0 Å². The maximum absolute atomic E-state index is 9.98. The summed E-state index contributed by atoms with van der Waals surface area (Å²) in [6.45, 7) is 2.13. The highest BCUT2D eigenvalue weighted by molar-refractivity contribution is 6.30. The van der Waals surface area contributed by atoms with Crippen LogP contribution < -0.4 is 0 Å². The molecule has 55 heavy (non-hydrogen) atoms. The third-order valence-electron chi connectivity index (χ3n) is 12.3. The van der Waals surface area contributed by atoms with Gasteiger partial charge in [0.2, 0.25) is 0 Å². The Kier molecular flexibility index (Phi) is 5.87. The van der Waals surface area contributed by atoms with Crippen molar-refractivity contribution in [2.75, 3.05) is 0 Å². The average Bonchev–Trinajstić information content (AvgIpc) is 3.73. The molecular formula is C53H28N2. The monoisotopic (exact) mass is 692 g/mol. The first kappa shape index (κ1) is 30.0. The summed E-state index contributed by atoms with van der Waals surface area (Å²) in [7, 11) is 0. The van der Waals surface area contributed by atoms with E-state index in [1.807, 2.05) is 30.3 Å². The zero-order valence-corrected chi connectivity index (χ0v) is 29.8. The summed E-state index contributed by atoms with van der Waals surface area (Å²) in [5, 5.41) is 32.0. The Balaban J connectivity index is 1.24. The highest BCUT2D eigenvalue weighted by Gasteiger charge is 2.30. The van der Waals surface area contributed by atoms with Gasteiger partial charge in [-0.25, -0.2) is 0 Å². The Morgan fingerprint density at radius 3 is 1.40 bits per heavy atom. The van der Waals surface area contributed by atoms with Crippen LogP contribution >= 0.6 is 0 Å². The Bertz CT molecular complexity index is 3510. The van der Waals surface area contributed by atoms with E-state index in [-0.39, 0.29) is 0 Å². The number of rotatable bonds is 2. The van der Waals surface area contributed by atoms with Gasteiger partial charge in [0, 0.05) is 0 Å². The van der Waals surface area contributed by atoms with Gasteiger partial charge in [0.15, 0.2) is 0 Å².